The van der Waals surface area contributed by atoms with Crippen LogP contribution in [0, 0.1) is 0 Å². The fourth-order valence-corrected chi connectivity index (χ4v) is 3.22. The van der Waals surface area contributed by atoms with Gasteiger partial charge in [-0.2, -0.15) is 0 Å². The van der Waals surface area contributed by atoms with Gasteiger partial charge in [-0.15, -0.1) is 0 Å². The van der Waals surface area contributed by atoms with Crippen molar-refractivity contribution in [3.8, 4) is 17.2 Å². The van der Waals surface area contributed by atoms with E-state index in [4.69, 9.17) is 14.2 Å². The number of anilines is 1. The molecule has 2 aromatic rings. The Morgan fingerprint density at radius 2 is 1.64 bits per heavy atom. The highest BCUT2D eigenvalue weighted by Crippen LogP contribution is 2.39. The molecule has 7 nitrogen and oxygen atoms in total. The van der Waals surface area contributed by atoms with Gasteiger partial charge in [-0.3, -0.25) is 19.4 Å². The van der Waals surface area contributed by atoms with Crippen LogP contribution in [0.25, 0.3) is 0 Å². The molecule has 0 fully saturated rings. The van der Waals surface area contributed by atoms with Gasteiger partial charge < -0.3 is 14.2 Å². The molecule has 0 aliphatic carbocycles. The minimum Gasteiger partial charge on any atom is -0.494 e. The molecule has 28 heavy (non-hydrogen) atoms. The molecule has 0 spiro atoms. The molecular formula is C21H24N2O5. The first-order valence-electron chi connectivity index (χ1n) is 9.01. The van der Waals surface area contributed by atoms with Crippen molar-refractivity contribution in [1.29, 1.82) is 0 Å². The highest BCUT2D eigenvalue weighted by Gasteiger charge is 2.37. The molecule has 148 valence electrons. The number of ketones is 1. The van der Waals surface area contributed by atoms with Crippen LogP contribution in [0.2, 0.25) is 0 Å². The molecule has 0 saturated heterocycles. The minimum absolute atomic E-state index is 0.278. The second kappa shape index (κ2) is 8.31. The van der Waals surface area contributed by atoms with E-state index in [1.165, 1.54) is 19.1 Å². The van der Waals surface area contributed by atoms with Crippen LogP contribution in [0.15, 0.2) is 36.4 Å². The van der Waals surface area contributed by atoms with Crippen LogP contribution in [0.4, 0.5) is 5.69 Å². The summed E-state index contributed by atoms with van der Waals surface area (Å²) in [5.74, 6) is 0.633. The molecule has 1 heterocycles. The zero-order valence-corrected chi connectivity index (χ0v) is 16.5. The maximum atomic E-state index is 12.5. The largest absolute Gasteiger partial charge is 0.494 e. The Hall–Kier alpha value is -3.06. The predicted octanol–water partition coefficient (Wildman–Crippen LogP) is 2.72. The van der Waals surface area contributed by atoms with Gasteiger partial charge in [0.1, 0.15) is 5.75 Å². The summed E-state index contributed by atoms with van der Waals surface area (Å²) < 4.78 is 16.0. The third kappa shape index (κ3) is 3.80. The van der Waals surface area contributed by atoms with Crippen LogP contribution >= 0.6 is 0 Å². The number of carbonyl (C=O) groups excluding carboxylic acids is 2. The number of rotatable bonds is 8. The van der Waals surface area contributed by atoms with Crippen molar-refractivity contribution in [2.24, 2.45) is 0 Å². The van der Waals surface area contributed by atoms with Crippen molar-refractivity contribution >= 4 is 17.4 Å². The maximum Gasteiger partial charge on any atom is 0.300 e. The molecule has 3 rings (SSSR count). The number of ether oxygens (including phenoxy) is 3. The lowest BCUT2D eigenvalue weighted by molar-refractivity contribution is -0.114. The summed E-state index contributed by atoms with van der Waals surface area (Å²) in [6.45, 7) is 3.46. The van der Waals surface area contributed by atoms with Gasteiger partial charge in [-0.05, 0) is 37.7 Å². The molecule has 0 radical (unpaired) electrons. The van der Waals surface area contributed by atoms with Gasteiger partial charge in [0.25, 0.3) is 5.78 Å². The van der Waals surface area contributed by atoms with Gasteiger partial charge in [0.05, 0.1) is 38.7 Å². The molecule has 2 aromatic carbocycles. The van der Waals surface area contributed by atoms with E-state index in [-0.39, 0.29) is 6.67 Å². The zero-order chi connectivity index (χ0) is 20.3. The monoisotopic (exact) mass is 384 g/mol. The molecule has 0 N–H and O–H groups in total. The standard InChI is InChI=1S/C21H24N2O5/c1-5-28-15-8-6-14(7-9-15)12-22(2)13-23-17-11-19(27-4)18(26-3)10-16(17)20(24)21(23)25/h6-11H,5,12-13H2,1-4H3. The second-order valence-electron chi connectivity index (χ2n) is 6.52. The third-order valence-electron chi connectivity index (χ3n) is 4.55. The number of hydrogen-bond donors (Lipinski definition) is 0. The van der Waals surface area contributed by atoms with Crippen molar-refractivity contribution in [1.82, 2.24) is 4.90 Å². The van der Waals surface area contributed by atoms with Crippen molar-refractivity contribution in [3.63, 3.8) is 0 Å². The highest BCUT2D eigenvalue weighted by molar-refractivity contribution is 6.52. The van der Waals surface area contributed by atoms with E-state index >= 15 is 0 Å². The Morgan fingerprint density at radius 1 is 1.00 bits per heavy atom. The van der Waals surface area contributed by atoms with Crippen molar-refractivity contribution in [3.05, 3.63) is 47.5 Å². The lowest BCUT2D eigenvalue weighted by Gasteiger charge is -2.25. The summed E-state index contributed by atoms with van der Waals surface area (Å²) in [4.78, 5) is 28.3. The number of carbonyl (C=O) groups is 2. The molecule has 1 amide bonds. The Kier molecular flexibility index (Phi) is 5.84. The Bertz CT molecular complexity index is 879. The number of amides is 1. The summed E-state index contributed by atoms with van der Waals surface area (Å²) in [5.41, 5.74) is 1.94. The van der Waals surface area contributed by atoms with Gasteiger partial charge in [0.15, 0.2) is 11.5 Å². The summed E-state index contributed by atoms with van der Waals surface area (Å²) in [7, 11) is 4.91. The molecule has 0 atom stereocenters. The number of nitrogens with zero attached hydrogens (tertiary/aromatic N) is 2. The first-order chi connectivity index (χ1) is 13.5. The summed E-state index contributed by atoms with van der Waals surface area (Å²) in [6, 6.07) is 11.0. The summed E-state index contributed by atoms with van der Waals surface area (Å²) in [5, 5.41) is 0. The van der Waals surface area contributed by atoms with Crippen LogP contribution in [0.3, 0.4) is 0 Å². The molecule has 1 aliphatic heterocycles. The van der Waals surface area contributed by atoms with E-state index in [2.05, 4.69) is 0 Å². The predicted molar refractivity (Wildman–Crippen MR) is 105 cm³/mol. The molecule has 0 aromatic heterocycles. The number of methoxy groups -OCH3 is 2. The number of benzene rings is 2. The van der Waals surface area contributed by atoms with Crippen molar-refractivity contribution in [2.75, 3.05) is 39.4 Å². The maximum absolute atomic E-state index is 12.5. The van der Waals surface area contributed by atoms with E-state index in [1.807, 2.05) is 43.1 Å². The molecule has 1 aliphatic rings. The smallest absolute Gasteiger partial charge is 0.300 e. The van der Waals surface area contributed by atoms with Crippen molar-refractivity contribution < 1.29 is 23.8 Å². The first-order valence-corrected chi connectivity index (χ1v) is 9.01. The van der Waals surface area contributed by atoms with E-state index in [0.29, 0.717) is 35.9 Å². The molecule has 0 unspecified atom stereocenters. The van der Waals surface area contributed by atoms with Crippen LogP contribution < -0.4 is 19.1 Å². The summed E-state index contributed by atoms with van der Waals surface area (Å²) >= 11 is 0. The fourth-order valence-electron chi connectivity index (χ4n) is 3.22. The van der Waals surface area contributed by atoms with Crippen molar-refractivity contribution in [2.45, 2.75) is 13.5 Å². The average molecular weight is 384 g/mol. The van der Waals surface area contributed by atoms with E-state index < -0.39 is 11.7 Å². The van der Waals surface area contributed by atoms with Crippen LogP contribution in [-0.4, -0.2) is 51.1 Å². The Morgan fingerprint density at radius 3 is 2.25 bits per heavy atom. The number of fused-ring (bicyclic) bond motifs is 1. The molecular weight excluding hydrogens is 360 g/mol. The van der Waals surface area contributed by atoms with Crippen LogP contribution in [-0.2, 0) is 11.3 Å². The van der Waals surface area contributed by atoms with E-state index in [9.17, 15) is 9.59 Å². The SMILES string of the molecule is CCOc1ccc(CN(C)CN2C(=O)C(=O)c3cc(OC)c(OC)cc32)cc1. The zero-order valence-electron chi connectivity index (χ0n) is 16.5. The Balaban J connectivity index is 1.77. The van der Waals surface area contributed by atoms with Gasteiger partial charge >= 0.3 is 5.91 Å². The van der Waals surface area contributed by atoms with Gasteiger partial charge in [0, 0.05) is 12.6 Å². The van der Waals surface area contributed by atoms with Crippen LogP contribution in [0.1, 0.15) is 22.8 Å². The quantitative estimate of drug-likeness (QED) is 0.652. The van der Waals surface area contributed by atoms with Gasteiger partial charge in [0.2, 0.25) is 0 Å². The van der Waals surface area contributed by atoms with Gasteiger partial charge in [-0.1, -0.05) is 12.1 Å². The molecule has 0 bridgehead atoms. The van der Waals surface area contributed by atoms with E-state index in [1.54, 1.807) is 12.1 Å². The number of hydrogen-bond acceptors (Lipinski definition) is 6. The fraction of sp³-hybridized carbons (Fsp3) is 0.333. The minimum atomic E-state index is -0.552. The molecule has 0 saturated carbocycles. The van der Waals surface area contributed by atoms with Gasteiger partial charge in [-0.25, -0.2) is 0 Å². The topological polar surface area (TPSA) is 68.3 Å². The first kappa shape index (κ1) is 19.7. The average Bonchev–Trinajstić information content (AvgIpc) is 2.92. The van der Waals surface area contributed by atoms with E-state index in [0.717, 1.165) is 11.3 Å². The third-order valence-corrected chi connectivity index (χ3v) is 4.55. The second-order valence-corrected chi connectivity index (χ2v) is 6.52. The van der Waals surface area contributed by atoms with Crippen LogP contribution in [0.5, 0.6) is 17.2 Å². The highest BCUT2D eigenvalue weighted by atomic mass is 16.5. The Labute approximate surface area is 164 Å². The summed E-state index contributed by atoms with van der Waals surface area (Å²) in [6.07, 6.45) is 0. The normalized spacial score (nSPS) is 13.1. The lowest BCUT2D eigenvalue weighted by Crippen LogP contribution is -2.38. The lowest BCUT2D eigenvalue weighted by atomic mass is 10.1. The number of Topliss-reactive ketones (excluding diaryl/α,β-unsaturated/α-hetero) is 1. The molecule has 7 heteroatoms.